The molecule has 0 aliphatic heterocycles. The number of carboxylic acids is 1. The Bertz CT molecular complexity index is 726. The first-order chi connectivity index (χ1) is 12.0. The van der Waals surface area contributed by atoms with Crippen molar-refractivity contribution in [3.05, 3.63) is 36.0 Å². The number of aliphatic carboxylic acids is 1. The van der Waals surface area contributed by atoms with Crippen LogP contribution in [0, 0.1) is 0 Å². The van der Waals surface area contributed by atoms with E-state index in [9.17, 15) is 9.59 Å². The molecule has 0 spiro atoms. The third-order valence-electron chi connectivity index (χ3n) is 4.04. The molecule has 7 heteroatoms. The number of likely N-dealkylation sites (N-methyl/N-ethyl adjacent to an activating group) is 1. The van der Waals surface area contributed by atoms with Crippen molar-refractivity contribution in [2.45, 2.75) is 19.5 Å². The molecule has 1 aromatic carbocycles. The van der Waals surface area contributed by atoms with Gasteiger partial charge in [-0.05, 0) is 31.6 Å². The van der Waals surface area contributed by atoms with Gasteiger partial charge in [0.1, 0.15) is 0 Å². The van der Waals surface area contributed by atoms with E-state index < -0.39 is 5.97 Å². The quantitative estimate of drug-likeness (QED) is 0.595. The molecule has 2 rings (SSSR count). The molecule has 0 saturated carbocycles. The van der Waals surface area contributed by atoms with Crippen LogP contribution in [-0.4, -0.2) is 60.2 Å². The number of hydrogen-bond acceptors (Lipinski definition) is 4. The molecular formula is C18H26N4O3. The SMILES string of the molecule is CNCc1cc2ccccc2n1CCC(=O)NCCN(C)CC(=O)O. The molecule has 1 heterocycles. The maximum atomic E-state index is 12.1. The van der Waals surface area contributed by atoms with Crippen molar-refractivity contribution < 1.29 is 14.7 Å². The fourth-order valence-electron chi connectivity index (χ4n) is 2.86. The van der Waals surface area contributed by atoms with E-state index in [4.69, 9.17) is 5.11 Å². The molecule has 0 fully saturated rings. The minimum Gasteiger partial charge on any atom is -0.480 e. The number of aryl methyl sites for hydroxylation is 1. The fourth-order valence-corrected chi connectivity index (χ4v) is 2.86. The average Bonchev–Trinajstić information content (AvgIpc) is 2.90. The van der Waals surface area contributed by atoms with Crippen LogP contribution in [0.25, 0.3) is 10.9 Å². The summed E-state index contributed by atoms with van der Waals surface area (Å²) in [6.07, 6.45) is 0.387. The highest BCUT2D eigenvalue weighted by molar-refractivity contribution is 5.82. The summed E-state index contributed by atoms with van der Waals surface area (Å²) < 4.78 is 2.17. The van der Waals surface area contributed by atoms with Gasteiger partial charge < -0.3 is 20.3 Å². The molecule has 136 valence electrons. The van der Waals surface area contributed by atoms with Gasteiger partial charge in [0, 0.05) is 43.8 Å². The number of hydrogen-bond donors (Lipinski definition) is 3. The Morgan fingerprint density at radius 1 is 1.28 bits per heavy atom. The van der Waals surface area contributed by atoms with Crippen LogP contribution in [0.3, 0.4) is 0 Å². The highest BCUT2D eigenvalue weighted by Crippen LogP contribution is 2.20. The zero-order valence-corrected chi connectivity index (χ0v) is 14.8. The molecule has 0 radical (unpaired) electrons. The lowest BCUT2D eigenvalue weighted by Crippen LogP contribution is -2.35. The van der Waals surface area contributed by atoms with Crippen LogP contribution >= 0.6 is 0 Å². The molecule has 1 amide bonds. The van der Waals surface area contributed by atoms with Crippen LogP contribution < -0.4 is 10.6 Å². The smallest absolute Gasteiger partial charge is 0.317 e. The second-order valence-corrected chi connectivity index (χ2v) is 6.11. The number of nitrogens with one attached hydrogen (secondary N) is 2. The Balaban J connectivity index is 1.88. The highest BCUT2D eigenvalue weighted by atomic mass is 16.4. The summed E-state index contributed by atoms with van der Waals surface area (Å²) in [5.74, 6) is -0.901. The largest absolute Gasteiger partial charge is 0.480 e. The van der Waals surface area contributed by atoms with E-state index in [1.807, 2.05) is 19.2 Å². The van der Waals surface area contributed by atoms with E-state index in [0.717, 1.165) is 17.8 Å². The average molecular weight is 346 g/mol. The molecular weight excluding hydrogens is 320 g/mol. The van der Waals surface area contributed by atoms with Gasteiger partial charge in [0.25, 0.3) is 0 Å². The molecule has 0 aliphatic rings. The van der Waals surface area contributed by atoms with Gasteiger partial charge >= 0.3 is 5.97 Å². The maximum Gasteiger partial charge on any atom is 0.317 e. The van der Waals surface area contributed by atoms with E-state index in [-0.39, 0.29) is 12.5 Å². The van der Waals surface area contributed by atoms with Gasteiger partial charge in [0.2, 0.25) is 5.91 Å². The Morgan fingerprint density at radius 2 is 2.04 bits per heavy atom. The first-order valence-electron chi connectivity index (χ1n) is 8.40. The lowest BCUT2D eigenvalue weighted by Gasteiger charge is -2.15. The zero-order valence-electron chi connectivity index (χ0n) is 14.8. The predicted octanol–water partition coefficient (Wildman–Crippen LogP) is 0.883. The maximum absolute atomic E-state index is 12.1. The van der Waals surface area contributed by atoms with E-state index in [1.165, 1.54) is 5.39 Å². The van der Waals surface area contributed by atoms with Gasteiger partial charge in [-0.15, -0.1) is 0 Å². The van der Waals surface area contributed by atoms with Crippen LogP contribution in [0.2, 0.25) is 0 Å². The van der Waals surface area contributed by atoms with Gasteiger partial charge in [-0.3, -0.25) is 14.5 Å². The summed E-state index contributed by atoms with van der Waals surface area (Å²) in [5, 5.41) is 15.9. The topological polar surface area (TPSA) is 86.6 Å². The molecule has 25 heavy (non-hydrogen) atoms. The molecule has 3 N–H and O–H groups in total. The molecule has 1 aromatic heterocycles. The Kier molecular flexibility index (Phi) is 6.97. The number of carbonyl (C=O) groups is 2. The van der Waals surface area contributed by atoms with Crippen molar-refractivity contribution in [1.29, 1.82) is 0 Å². The summed E-state index contributed by atoms with van der Waals surface area (Å²) in [6.45, 7) is 2.28. The van der Waals surface area contributed by atoms with Crippen molar-refractivity contribution in [2.24, 2.45) is 0 Å². The minimum atomic E-state index is -0.870. The van der Waals surface area contributed by atoms with E-state index in [0.29, 0.717) is 26.1 Å². The summed E-state index contributed by atoms with van der Waals surface area (Å²) >= 11 is 0. The standard InChI is InChI=1S/C18H26N4O3/c1-19-12-15-11-14-5-3-4-6-16(14)22(15)9-7-17(23)20-8-10-21(2)13-18(24)25/h3-6,11,19H,7-10,12-13H2,1-2H3,(H,20,23)(H,24,25). The molecule has 0 unspecified atom stereocenters. The zero-order chi connectivity index (χ0) is 18.2. The Morgan fingerprint density at radius 3 is 2.76 bits per heavy atom. The van der Waals surface area contributed by atoms with Gasteiger partial charge in [-0.2, -0.15) is 0 Å². The van der Waals surface area contributed by atoms with Gasteiger partial charge in [0.15, 0.2) is 0 Å². The number of benzene rings is 1. The highest BCUT2D eigenvalue weighted by Gasteiger charge is 2.10. The van der Waals surface area contributed by atoms with Gasteiger partial charge in [0.05, 0.1) is 6.54 Å². The monoisotopic (exact) mass is 346 g/mol. The van der Waals surface area contributed by atoms with Crippen LogP contribution in [0.5, 0.6) is 0 Å². The van der Waals surface area contributed by atoms with Crippen molar-refractivity contribution in [3.63, 3.8) is 0 Å². The second kappa shape index (κ2) is 9.19. The summed E-state index contributed by atoms with van der Waals surface area (Å²) in [5.41, 5.74) is 2.28. The third kappa shape index (κ3) is 5.58. The van der Waals surface area contributed by atoms with E-state index in [2.05, 4.69) is 33.4 Å². The summed E-state index contributed by atoms with van der Waals surface area (Å²) in [6, 6.07) is 10.3. The molecule has 7 nitrogen and oxygen atoms in total. The predicted molar refractivity (Wildman–Crippen MR) is 97.5 cm³/mol. The van der Waals surface area contributed by atoms with Crippen molar-refractivity contribution >= 4 is 22.8 Å². The number of rotatable bonds is 10. The van der Waals surface area contributed by atoms with Crippen molar-refractivity contribution in [1.82, 2.24) is 20.1 Å². The molecule has 0 atom stereocenters. The number of para-hydroxylation sites is 1. The number of carbonyl (C=O) groups excluding carboxylic acids is 1. The fraction of sp³-hybridized carbons (Fsp3) is 0.444. The van der Waals surface area contributed by atoms with Crippen LogP contribution in [0.4, 0.5) is 0 Å². The molecule has 0 aliphatic carbocycles. The summed E-state index contributed by atoms with van der Waals surface area (Å²) in [7, 11) is 3.62. The van der Waals surface area contributed by atoms with Gasteiger partial charge in [-0.25, -0.2) is 0 Å². The van der Waals surface area contributed by atoms with Crippen LogP contribution in [0.1, 0.15) is 12.1 Å². The third-order valence-corrected chi connectivity index (χ3v) is 4.04. The first kappa shape index (κ1) is 19.0. The minimum absolute atomic E-state index is 0.0292. The Labute approximate surface area is 147 Å². The lowest BCUT2D eigenvalue weighted by atomic mass is 10.2. The number of nitrogens with zero attached hydrogens (tertiary/aromatic N) is 2. The van der Waals surface area contributed by atoms with Gasteiger partial charge in [-0.1, -0.05) is 18.2 Å². The normalized spacial score (nSPS) is 11.2. The van der Waals surface area contributed by atoms with E-state index in [1.54, 1.807) is 11.9 Å². The number of aromatic nitrogens is 1. The van der Waals surface area contributed by atoms with Crippen molar-refractivity contribution in [3.8, 4) is 0 Å². The molecule has 0 saturated heterocycles. The van der Waals surface area contributed by atoms with Crippen molar-refractivity contribution in [2.75, 3.05) is 33.7 Å². The number of fused-ring (bicyclic) bond motifs is 1. The number of carboxylic acid groups (broad SMARTS) is 1. The van der Waals surface area contributed by atoms with E-state index >= 15 is 0 Å². The first-order valence-corrected chi connectivity index (χ1v) is 8.40. The summed E-state index contributed by atoms with van der Waals surface area (Å²) in [4.78, 5) is 24.3. The second-order valence-electron chi connectivity index (χ2n) is 6.11. The lowest BCUT2D eigenvalue weighted by molar-refractivity contribution is -0.137. The molecule has 0 bridgehead atoms. The van der Waals surface area contributed by atoms with Crippen LogP contribution in [-0.2, 0) is 22.7 Å². The number of amides is 1. The molecule has 2 aromatic rings. The van der Waals surface area contributed by atoms with Crippen LogP contribution in [0.15, 0.2) is 30.3 Å². The Hall–Kier alpha value is -2.38.